The quantitative estimate of drug-likeness (QED) is 0.636. The molecule has 0 spiro atoms. The number of ether oxygens (including phenoxy) is 1. The highest BCUT2D eigenvalue weighted by Crippen LogP contribution is 2.19. The maximum Gasteiger partial charge on any atom is 0.341 e. The van der Waals surface area contributed by atoms with Crippen molar-refractivity contribution in [3.8, 4) is 11.6 Å². The summed E-state index contributed by atoms with van der Waals surface area (Å²) in [6, 6.07) is 5.20. The van der Waals surface area contributed by atoms with Gasteiger partial charge in [-0.25, -0.2) is 4.79 Å². The number of furan rings is 2. The Balaban J connectivity index is 1.64. The molecule has 8 nitrogen and oxygen atoms in total. The molecule has 3 rings (SSSR count). The largest absolute Gasteiger partial charge is 0.465 e. The summed E-state index contributed by atoms with van der Waals surface area (Å²) in [7, 11) is 3.22. The SMILES string of the molecule is COC(=O)c1cc(CN(C)Cc2nc(-c3ccco3)no2)oc1C. The van der Waals surface area contributed by atoms with Crippen molar-refractivity contribution in [2.75, 3.05) is 14.2 Å². The van der Waals surface area contributed by atoms with E-state index in [2.05, 4.69) is 10.1 Å². The first kappa shape index (κ1) is 16.0. The minimum atomic E-state index is -0.412. The van der Waals surface area contributed by atoms with Crippen molar-refractivity contribution in [2.45, 2.75) is 20.0 Å². The molecular weight excluding hydrogens is 314 g/mol. The molecule has 0 radical (unpaired) electrons. The zero-order valence-corrected chi connectivity index (χ0v) is 13.6. The van der Waals surface area contributed by atoms with Gasteiger partial charge in [-0.05, 0) is 32.2 Å². The van der Waals surface area contributed by atoms with E-state index in [1.54, 1.807) is 31.4 Å². The smallest absolute Gasteiger partial charge is 0.341 e. The monoisotopic (exact) mass is 331 g/mol. The number of carbonyl (C=O) groups is 1. The van der Waals surface area contributed by atoms with Crippen LogP contribution in [0.15, 0.2) is 37.8 Å². The summed E-state index contributed by atoms with van der Waals surface area (Å²) < 4.78 is 20.7. The zero-order chi connectivity index (χ0) is 17.1. The van der Waals surface area contributed by atoms with Gasteiger partial charge in [0.05, 0.1) is 26.5 Å². The summed E-state index contributed by atoms with van der Waals surface area (Å²) in [5, 5.41) is 3.88. The predicted molar refractivity (Wildman–Crippen MR) is 82.0 cm³/mol. The average molecular weight is 331 g/mol. The van der Waals surface area contributed by atoms with Crippen LogP contribution in [0.5, 0.6) is 0 Å². The molecule has 0 saturated carbocycles. The predicted octanol–water partition coefficient (Wildman–Crippen LogP) is 2.65. The molecule has 0 bridgehead atoms. The maximum atomic E-state index is 11.6. The third kappa shape index (κ3) is 3.38. The Bertz CT molecular complexity index is 819. The lowest BCUT2D eigenvalue weighted by molar-refractivity contribution is 0.0599. The molecule has 0 saturated heterocycles. The molecule has 0 unspecified atom stereocenters. The molecule has 3 aromatic heterocycles. The van der Waals surface area contributed by atoms with E-state index in [-0.39, 0.29) is 0 Å². The summed E-state index contributed by atoms with van der Waals surface area (Å²) >= 11 is 0. The minimum absolute atomic E-state index is 0.408. The number of carbonyl (C=O) groups excluding carboxylic acids is 1. The number of aryl methyl sites for hydroxylation is 1. The average Bonchev–Trinajstić information content (AvgIpc) is 3.27. The molecule has 126 valence electrons. The second-order valence-electron chi connectivity index (χ2n) is 5.34. The van der Waals surface area contributed by atoms with E-state index in [0.29, 0.717) is 47.6 Å². The van der Waals surface area contributed by atoms with Crippen LogP contribution >= 0.6 is 0 Å². The number of hydrogen-bond acceptors (Lipinski definition) is 8. The number of esters is 1. The lowest BCUT2D eigenvalue weighted by Crippen LogP contribution is -2.17. The van der Waals surface area contributed by atoms with Gasteiger partial charge in [0, 0.05) is 0 Å². The molecule has 0 amide bonds. The summed E-state index contributed by atoms with van der Waals surface area (Å²) in [6.45, 7) is 2.64. The Hall–Kier alpha value is -2.87. The van der Waals surface area contributed by atoms with Crippen LogP contribution in [0.25, 0.3) is 11.6 Å². The van der Waals surface area contributed by atoms with Crippen LogP contribution in [0, 0.1) is 6.92 Å². The van der Waals surface area contributed by atoms with Gasteiger partial charge in [-0.2, -0.15) is 4.98 Å². The molecule has 0 atom stereocenters. The second-order valence-corrected chi connectivity index (χ2v) is 5.34. The van der Waals surface area contributed by atoms with Crippen molar-refractivity contribution in [3.63, 3.8) is 0 Å². The van der Waals surface area contributed by atoms with Gasteiger partial charge in [-0.1, -0.05) is 5.16 Å². The molecule has 0 aliphatic carbocycles. The fourth-order valence-corrected chi connectivity index (χ4v) is 2.31. The van der Waals surface area contributed by atoms with Crippen molar-refractivity contribution in [1.29, 1.82) is 0 Å². The molecule has 24 heavy (non-hydrogen) atoms. The first-order valence-electron chi connectivity index (χ1n) is 7.29. The van der Waals surface area contributed by atoms with Crippen molar-refractivity contribution >= 4 is 5.97 Å². The zero-order valence-electron chi connectivity index (χ0n) is 13.6. The molecule has 3 heterocycles. The molecule has 0 aromatic carbocycles. The number of nitrogens with zero attached hydrogens (tertiary/aromatic N) is 3. The van der Waals surface area contributed by atoms with E-state index in [1.807, 2.05) is 11.9 Å². The number of rotatable bonds is 6. The molecule has 0 aliphatic heterocycles. The Labute approximate surface area is 138 Å². The lowest BCUT2D eigenvalue weighted by atomic mass is 10.2. The van der Waals surface area contributed by atoms with Crippen molar-refractivity contribution in [1.82, 2.24) is 15.0 Å². The van der Waals surface area contributed by atoms with E-state index in [9.17, 15) is 4.79 Å². The van der Waals surface area contributed by atoms with Crippen LogP contribution in [0.4, 0.5) is 0 Å². The van der Waals surface area contributed by atoms with Gasteiger partial charge < -0.3 is 18.1 Å². The fourth-order valence-electron chi connectivity index (χ4n) is 2.31. The summed E-state index contributed by atoms with van der Waals surface area (Å²) in [5.41, 5.74) is 0.429. The summed E-state index contributed by atoms with van der Waals surface area (Å²) in [6.07, 6.45) is 1.55. The third-order valence-corrected chi connectivity index (χ3v) is 3.41. The van der Waals surface area contributed by atoms with Gasteiger partial charge >= 0.3 is 5.97 Å². The van der Waals surface area contributed by atoms with Crippen LogP contribution in [0.2, 0.25) is 0 Å². The van der Waals surface area contributed by atoms with Crippen LogP contribution in [-0.4, -0.2) is 35.2 Å². The Morgan fingerprint density at radius 3 is 2.92 bits per heavy atom. The first-order chi connectivity index (χ1) is 11.6. The van der Waals surface area contributed by atoms with Crippen molar-refractivity contribution in [3.05, 3.63) is 47.4 Å². The van der Waals surface area contributed by atoms with E-state index in [1.165, 1.54) is 7.11 Å². The standard InChI is InChI=1S/C16H17N3O5/c1-10-12(16(20)21-3)7-11(23-10)8-19(2)9-14-17-15(18-24-14)13-5-4-6-22-13/h4-7H,8-9H2,1-3H3. The van der Waals surface area contributed by atoms with Gasteiger partial charge in [-0.15, -0.1) is 0 Å². The first-order valence-corrected chi connectivity index (χ1v) is 7.29. The molecule has 0 N–H and O–H groups in total. The molecule has 3 aromatic rings. The normalized spacial score (nSPS) is 11.2. The van der Waals surface area contributed by atoms with Crippen LogP contribution < -0.4 is 0 Å². The van der Waals surface area contributed by atoms with Gasteiger partial charge in [0.1, 0.15) is 17.1 Å². The highest BCUT2D eigenvalue weighted by Gasteiger charge is 2.17. The van der Waals surface area contributed by atoms with E-state index in [4.69, 9.17) is 18.1 Å². The number of hydrogen-bond donors (Lipinski definition) is 0. The second kappa shape index (κ2) is 6.71. The van der Waals surface area contributed by atoms with Gasteiger partial charge in [0.15, 0.2) is 5.76 Å². The Kier molecular flexibility index (Phi) is 4.48. The highest BCUT2D eigenvalue weighted by atomic mass is 16.5. The van der Waals surface area contributed by atoms with Crippen LogP contribution in [0.1, 0.15) is 27.8 Å². The van der Waals surface area contributed by atoms with Crippen LogP contribution in [0.3, 0.4) is 0 Å². The van der Waals surface area contributed by atoms with Gasteiger partial charge in [-0.3, -0.25) is 4.90 Å². The Morgan fingerprint density at radius 2 is 2.21 bits per heavy atom. The molecule has 0 aliphatic rings. The Morgan fingerprint density at radius 1 is 1.38 bits per heavy atom. The highest BCUT2D eigenvalue weighted by molar-refractivity contribution is 5.90. The maximum absolute atomic E-state index is 11.6. The van der Waals surface area contributed by atoms with E-state index < -0.39 is 5.97 Å². The third-order valence-electron chi connectivity index (χ3n) is 3.41. The minimum Gasteiger partial charge on any atom is -0.465 e. The topological polar surface area (TPSA) is 94.7 Å². The summed E-state index contributed by atoms with van der Waals surface area (Å²) in [4.78, 5) is 17.8. The number of aromatic nitrogens is 2. The van der Waals surface area contributed by atoms with E-state index in [0.717, 1.165) is 0 Å². The van der Waals surface area contributed by atoms with Crippen molar-refractivity contribution < 1.29 is 22.9 Å². The molecule has 8 heteroatoms. The molecular formula is C16H17N3O5. The van der Waals surface area contributed by atoms with Crippen molar-refractivity contribution in [2.24, 2.45) is 0 Å². The fraction of sp³-hybridized carbons (Fsp3) is 0.312. The van der Waals surface area contributed by atoms with Gasteiger partial charge in [0.2, 0.25) is 11.7 Å². The summed E-state index contributed by atoms with van der Waals surface area (Å²) in [5.74, 6) is 2.19. The lowest BCUT2D eigenvalue weighted by Gasteiger charge is -2.11. The van der Waals surface area contributed by atoms with E-state index >= 15 is 0 Å². The molecule has 0 fully saturated rings. The van der Waals surface area contributed by atoms with Crippen LogP contribution in [-0.2, 0) is 17.8 Å². The number of methoxy groups -OCH3 is 1. The van der Waals surface area contributed by atoms with Gasteiger partial charge in [0.25, 0.3) is 0 Å².